The van der Waals surface area contributed by atoms with Crippen molar-refractivity contribution in [2.45, 2.75) is 30.0 Å². The van der Waals surface area contributed by atoms with Crippen molar-refractivity contribution < 1.29 is 13.7 Å². The summed E-state index contributed by atoms with van der Waals surface area (Å²) >= 11 is 1.08. The molecule has 1 fully saturated rings. The third kappa shape index (κ3) is 4.10. The van der Waals surface area contributed by atoms with E-state index in [0.29, 0.717) is 33.9 Å². The number of amides is 1. The Labute approximate surface area is 184 Å². The predicted molar refractivity (Wildman–Crippen MR) is 116 cm³/mol. The number of nitrogens with zero attached hydrogens (tertiary/aromatic N) is 4. The lowest BCUT2D eigenvalue weighted by Crippen LogP contribution is -2.37. The molecule has 0 radical (unpaired) electrons. The molecule has 0 spiro atoms. The Hall–Kier alpha value is -3.41. The highest BCUT2D eigenvalue weighted by Crippen LogP contribution is 2.31. The van der Waals surface area contributed by atoms with Gasteiger partial charge in [-0.25, -0.2) is 9.19 Å². The lowest BCUT2D eigenvalue weighted by Gasteiger charge is -2.18. The second-order valence-corrected chi connectivity index (χ2v) is 9.41. The van der Waals surface area contributed by atoms with E-state index in [-0.39, 0.29) is 17.7 Å². The van der Waals surface area contributed by atoms with Crippen molar-refractivity contribution in [2.24, 2.45) is 0 Å². The molecule has 2 aromatic heterocycles. The number of thiazole rings is 1. The molecule has 0 saturated carbocycles. The fourth-order valence-electron chi connectivity index (χ4n) is 3.55. The number of fused-ring (bicyclic) bond motifs is 1. The van der Waals surface area contributed by atoms with Crippen molar-refractivity contribution in [1.29, 1.82) is 10.5 Å². The number of carbonyl (C=O) groups excluding carboxylic acids is 1. The number of rotatable bonds is 6. The highest BCUT2D eigenvalue weighted by Gasteiger charge is 2.28. The van der Waals surface area contributed by atoms with Crippen molar-refractivity contribution in [2.75, 3.05) is 17.9 Å². The first-order valence-corrected chi connectivity index (χ1v) is 11.5. The Kier molecular flexibility index (Phi) is 5.89. The number of hydrogen-bond donors (Lipinski definition) is 2. The Balaban J connectivity index is 1.42. The number of carbonyl (C=O) groups is 1. The Morgan fingerprint density at radius 3 is 3.10 bits per heavy atom. The number of aromatic nitrogens is 2. The van der Waals surface area contributed by atoms with Gasteiger partial charge in [0, 0.05) is 18.1 Å². The summed E-state index contributed by atoms with van der Waals surface area (Å²) in [4.78, 5) is 20.9. The summed E-state index contributed by atoms with van der Waals surface area (Å²) in [6.07, 6.45) is 4.54. The predicted octanol–water partition coefficient (Wildman–Crippen LogP) is 2.83. The average molecular weight is 455 g/mol. The van der Waals surface area contributed by atoms with Crippen LogP contribution in [-0.2, 0) is 15.8 Å². The van der Waals surface area contributed by atoms with Crippen molar-refractivity contribution in [1.82, 2.24) is 14.9 Å². The van der Waals surface area contributed by atoms with E-state index in [1.54, 1.807) is 12.3 Å². The normalized spacial score (nSPS) is 16.6. The maximum Gasteiger partial charge on any atom is 0.274 e. The summed E-state index contributed by atoms with van der Waals surface area (Å²) in [5.74, 6) is -0.262. The van der Waals surface area contributed by atoms with Crippen LogP contribution < -0.4 is 9.46 Å². The van der Waals surface area contributed by atoms with Gasteiger partial charge in [-0.15, -0.1) is 0 Å². The molecular weight excluding hydrogens is 436 g/mol. The number of aryl methyl sites for hydroxylation is 1. The standard InChI is InChI=1S/C20H18N6O3S2/c1-12-4-5-15(19-18(12)13(7-21)9-23-19)25-31(28)17-10-24-20(30-17)29-11-16(27)26-6-2-3-14(26)8-22/h4-5,9-10,14,23,25H,2-3,6,11H2,1H3. The topological polar surface area (TPSA) is 135 Å². The first kappa shape index (κ1) is 20.8. The zero-order valence-electron chi connectivity index (χ0n) is 16.5. The number of likely N-dealkylation sites (tertiary alicyclic amines) is 1. The quantitative estimate of drug-likeness (QED) is 0.588. The van der Waals surface area contributed by atoms with E-state index >= 15 is 0 Å². The minimum absolute atomic E-state index is 0.219. The third-order valence-electron chi connectivity index (χ3n) is 5.05. The SMILES string of the molecule is Cc1ccc(NS(=O)c2cnc(OCC(=O)N3CCCC3C#N)s2)c2[nH]cc(C#N)c12. The highest BCUT2D eigenvalue weighted by molar-refractivity contribution is 7.88. The smallest absolute Gasteiger partial charge is 0.274 e. The summed E-state index contributed by atoms with van der Waals surface area (Å²) in [6.45, 7) is 2.24. The summed E-state index contributed by atoms with van der Waals surface area (Å²) in [5, 5.41) is 19.4. The van der Waals surface area contributed by atoms with Crippen LogP contribution in [0.15, 0.2) is 28.7 Å². The van der Waals surface area contributed by atoms with Gasteiger partial charge >= 0.3 is 0 Å². The molecule has 2 N–H and O–H groups in total. The lowest BCUT2D eigenvalue weighted by molar-refractivity contribution is -0.133. The molecule has 1 saturated heterocycles. The molecule has 2 atom stereocenters. The maximum atomic E-state index is 12.8. The number of nitriles is 2. The molecule has 1 aliphatic heterocycles. The lowest BCUT2D eigenvalue weighted by atomic mass is 10.1. The number of H-pyrrole nitrogens is 1. The van der Waals surface area contributed by atoms with Crippen LogP contribution in [0.1, 0.15) is 24.0 Å². The van der Waals surface area contributed by atoms with Gasteiger partial charge in [0.05, 0.1) is 29.0 Å². The van der Waals surface area contributed by atoms with Crippen LogP contribution in [0.4, 0.5) is 5.69 Å². The zero-order valence-corrected chi connectivity index (χ0v) is 18.2. The first-order chi connectivity index (χ1) is 15.0. The van der Waals surface area contributed by atoms with Crippen molar-refractivity contribution in [3.05, 3.63) is 35.7 Å². The molecule has 158 valence electrons. The molecule has 2 unspecified atom stereocenters. The van der Waals surface area contributed by atoms with Crippen LogP contribution in [0, 0.1) is 29.6 Å². The van der Waals surface area contributed by atoms with Crippen molar-refractivity contribution in [3.8, 4) is 17.3 Å². The van der Waals surface area contributed by atoms with Gasteiger partial charge in [-0.1, -0.05) is 17.4 Å². The van der Waals surface area contributed by atoms with Gasteiger partial charge in [0.25, 0.3) is 11.1 Å². The van der Waals surface area contributed by atoms with Crippen LogP contribution in [0.25, 0.3) is 10.9 Å². The fourth-order valence-corrected chi connectivity index (χ4v) is 5.31. The molecule has 9 nitrogen and oxygen atoms in total. The molecule has 0 bridgehead atoms. The molecule has 1 aliphatic rings. The second-order valence-electron chi connectivity index (χ2n) is 6.97. The summed E-state index contributed by atoms with van der Waals surface area (Å²) in [6, 6.07) is 7.52. The second kappa shape index (κ2) is 8.76. The summed E-state index contributed by atoms with van der Waals surface area (Å²) in [5.41, 5.74) is 2.77. The van der Waals surface area contributed by atoms with E-state index in [9.17, 15) is 14.3 Å². The maximum absolute atomic E-state index is 12.8. The van der Waals surface area contributed by atoms with Crippen LogP contribution in [-0.4, -0.2) is 44.2 Å². The number of benzene rings is 1. The molecular formula is C20H18N6O3S2. The van der Waals surface area contributed by atoms with Gasteiger partial charge < -0.3 is 14.6 Å². The molecule has 11 heteroatoms. The number of hydrogen-bond acceptors (Lipinski definition) is 7. The van der Waals surface area contributed by atoms with Crippen molar-refractivity contribution in [3.63, 3.8) is 0 Å². The number of ether oxygens (including phenoxy) is 1. The molecule has 1 amide bonds. The molecule has 4 rings (SSSR count). The number of aromatic amines is 1. The fraction of sp³-hybridized carbons (Fsp3) is 0.300. The summed E-state index contributed by atoms with van der Waals surface area (Å²) < 4.78 is 21.6. The molecule has 31 heavy (non-hydrogen) atoms. The van der Waals surface area contributed by atoms with E-state index in [0.717, 1.165) is 28.7 Å². The van der Waals surface area contributed by atoms with Crippen molar-refractivity contribution >= 4 is 44.8 Å². The Bertz CT molecular complexity index is 1250. The minimum atomic E-state index is -1.61. The van der Waals surface area contributed by atoms with Gasteiger partial charge in [0.2, 0.25) is 0 Å². The van der Waals surface area contributed by atoms with Gasteiger partial charge in [0.1, 0.15) is 16.3 Å². The largest absolute Gasteiger partial charge is 0.460 e. The number of anilines is 1. The van der Waals surface area contributed by atoms with E-state index in [1.165, 1.54) is 11.1 Å². The van der Waals surface area contributed by atoms with E-state index in [1.807, 2.05) is 13.0 Å². The molecule has 3 aromatic rings. The highest BCUT2D eigenvalue weighted by atomic mass is 32.2. The Morgan fingerprint density at radius 2 is 2.32 bits per heavy atom. The van der Waals surface area contributed by atoms with E-state index < -0.39 is 17.0 Å². The van der Waals surface area contributed by atoms with Crippen LogP contribution >= 0.6 is 11.3 Å². The van der Waals surface area contributed by atoms with Gasteiger partial charge in [-0.3, -0.25) is 9.52 Å². The molecule has 0 aliphatic carbocycles. The molecule has 1 aromatic carbocycles. The third-order valence-corrected chi connectivity index (χ3v) is 7.34. The van der Waals surface area contributed by atoms with Gasteiger partial charge in [0.15, 0.2) is 17.6 Å². The minimum Gasteiger partial charge on any atom is -0.460 e. The molecule has 3 heterocycles. The summed E-state index contributed by atoms with van der Waals surface area (Å²) in [7, 11) is -1.61. The van der Waals surface area contributed by atoms with E-state index in [4.69, 9.17) is 10.00 Å². The van der Waals surface area contributed by atoms with Gasteiger partial charge in [-0.2, -0.15) is 10.5 Å². The van der Waals surface area contributed by atoms with Crippen LogP contribution in [0.3, 0.4) is 0 Å². The van der Waals surface area contributed by atoms with Gasteiger partial charge in [-0.05, 0) is 31.4 Å². The first-order valence-electron chi connectivity index (χ1n) is 9.48. The average Bonchev–Trinajstić information content (AvgIpc) is 3.52. The number of nitrogens with one attached hydrogen (secondary N) is 2. The van der Waals surface area contributed by atoms with Crippen LogP contribution in [0.5, 0.6) is 5.19 Å². The Morgan fingerprint density at radius 1 is 1.48 bits per heavy atom. The van der Waals surface area contributed by atoms with Crippen LogP contribution in [0.2, 0.25) is 0 Å². The monoisotopic (exact) mass is 454 g/mol. The zero-order chi connectivity index (χ0) is 22.0. The van der Waals surface area contributed by atoms with E-state index in [2.05, 4.69) is 26.8 Å².